The Hall–Kier alpha value is -11.1. The molecule has 45 heteroatoms. The molecule has 0 unspecified atom stereocenters. The minimum absolute atomic E-state index is 0.00939. The quantitative estimate of drug-likeness (QED) is 0.0289. The van der Waals surface area contributed by atoms with Crippen LogP contribution in [0.1, 0.15) is 280 Å². The molecule has 1 aromatic carbocycles. The summed E-state index contributed by atoms with van der Waals surface area (Å²) in [5.41, 5.74) is 46.5. The van der Waals surface area contributed by atoms with Gasteiger partial charge in [0.2, 0.25) is 112 Å². The predicted molar refractivity (Wildman–Crippen MR) is 530 cm³/mol. The van der Waals surface area contributed by atoms with E-state index in [2.05, 4.69) is 97.3 Å². The standard InChI is InChI=1S/C95H171N25O20/c1-11-13-14-15-16-17-18-19-23-44-76(124)105-57-78(126)107-61(8)82(127)120-81(63(10)121)95(140)108-62(9)83(128)119-80(60(7)12-2)94(139)115-70(43-29-35-52-101)88(133)113-71(45-46-74(102)122)90(135)118-79(59(5)6)93(138)114-69(42-28-34-51-100)87(132)111-68(41-27-33-50-99)89(134)116-72(53-58(3)4)91(136)117-73(54-64-36-21-20-22-37-64)92(137)112-67(40-26-32-49-98)86(131)110-66(39-25-31-48-97)85(130)109-65(38-24-30-47-96)84(129)106-56-77(125)104-55-75(103)123/h20-22,36-37,58-63,65-73,79-81,121H,11-19,23-35,38-57,96-101H2,1-10H3,(H2,102,122)(H2,103,123)(H,104,125)(H,105,124)(H,106,129)(H,107,126)(H,108,140)(H,109,130)(H,110,131)(H,111,132)(H,112,137)(H,113,133)(H,114,138)(H,115,139)(H,116,134)(H,117,136)(H,118,135)(H,119,128)(H,120,127)/t60-,61-,62-,63+,65-,66-,67-,68-,69-,70-,71-,72-,73-,79-,80-,81-/m0/s1. The summed E-state index contributed by atoms with van der Waals surface area (Å²) in [6.45, 7) is 15.8. The summed E-state index contributed by atoms with van der Waals surface area (Å²) in [6.07, 6.45) is 11.4. The fourth-order valence-corrected chi connectivity index (χ4v) is 14.9. The van der Waals surface area contributed by atoms with Crippen LogP contribution in [0.4, 0.5) is 0 Å². The molecule has 0 heterocycles. The Balaban J connectivity index is 3.69. The number of hydrogen-bond donors (Lipinski definition) is 26. The number of unbranched alkanes of at least 4 members (excludes halogenated alkanes) is 14. The highest BCUT2D eigenvalue weighted by molar-refractivity contribution is 6.01. The van der Waals surface area contributed by atoms with E-state index in [1.165, 1.54) is 46.5 Å². The second kappa shape index (κ2) is 73.9. The fraction of sp³-hybridized carbons (Fsp3) is 0.737. The molecule has 0 saturated carbocycles. The van der Waals surface area contributed by atoms with Gasteiger partial charge in [-0.25, -0.2) is 0 Å². The molecule has 796 valence electrons. The molecule has 0 aliphatic rings. The number of nitrogens with two attached hydrogens (primary N) is 8. The maximum Gasteiger partial charge on any atom is 0.245 e. The molecule has 1 aromatic rings. The van der Waals surface area contributed by atoms with Gasteiger partial charge in [0, 0.05) is 19.3 Å². The molecule has 0 bridgehead atoms. The van der Waals surface area contributed by atoms with Crippen molar-refractivity contribution in [2.45, 2.75) is 372 Å². The minimum Gasteiger partial charge on any atom is -0.391 e. The monoisotopic (exact) mass is 1980 g/mol. The average Bonchev–Trinajstić information content (AvgIpc) is 0.842. The largest absolute Gasteiger partial charge is 0.391 e. The first-order chi connectivity index (χ1) is 66.6. The second-order valence-electron chi connectivity index (χ2n) is 36.7. The van der Waals surface area contributed by atoms with E-state index in [-0.39, 0.29) is 135 Å². The number of carbonyl (C=O) groups excluding carboxylic acids is 19. The zero-order valence-corrected chi connectivity index (χ0v) is 84.3. The van der Waals surface area contributed by atoms with E-state index in [9.17, 15) is 91.4 Å². The van der Waals surface area contributed by atoms with E-state index in [0.29, 0.717) is 69.8 Å². The molecule has 19 amide bonds. The van der Waals surface area contributed by atoms with Crippen LogP contribution in [0, 0.1) is 17.8 Å². The van der Waals surface area contributed by atoms with Crippen LogP contribution < -0.4 is 136 Å². The lowest BCUT2D eigenvalue weighted by Gasteiger charge is -2.30. The maximum absolute atomic E-state index is 15.0. The Morgan fingerprint density at radius 2 is 0.614 bits per heavy atom. The summed E-state index contributed by atoms with van der Waals surface area (Å²) in [5.74, 6) is -17.5. The van der Waals surface area contributed by atoms with Crippen molar-refractivity contribution in [3.8, 4) is 0 Å². The van der Waals surface area contributed by atoms with Crippen LogP contribution in [-0.4, -0.2) is 267 Å². The molecule has 0 aliphatic heterocycles. The number of benzene rings is 1. The molecule has 1 rings (SSSR count). The van der Waals surface area contributed by atoms with E-state index in [1.54, 1.807) is 71.9 Å². The number of hydrogen-bond acceptors (Lipinski definition) is 26. The van der Waals surface area contributed by atoms with Crippen molar-refractivity contribution in [2.75, 3.05) is 58.9 Å². The summed E-state index contributed by atoms with van der Waals surface area (Å²) < 4.78 is 0. The van der Waals surface area contributed by atoms with Crippen molar-refractivity contribution < 1.29 is 96.2 Å². The lowest BCUT2D eigenvalue weighted by molar-refractivity contribution is -0.137. The molecule has 0 fully saturated rings. The number of aliphatic hydroxyl groups excluding tert-OH is 1. The molecular weight excluding hydrogens is 1810 g/mol. The van der Waals surface area contributed by atoms with Gasteiger partial charge in [0.25, 0.3) is 0 Å². The summed E-state index contributed by atoms with van der Waals surface area (Å²) in [5, 5.41) is 55.1. The van der Waals surface area contributed by atoms with Gasteiger partial charge in [-0.15, -0.1) is 0 Å². The highest BCUT2D eigenvalue weighted by Crippen LogP contribution is 2.19. The summed E-state index contributed by atoms with van der Waals surface area (Å²) >= 11 is 0. The fourth-order valence-electron chi connectivity index (χ4n) is 14.9. The van der Waals surface area contributed by atoms with Crippen LogP contribution in [0.3, 0.4) is 0 Å². The topological polar surface area (TPSA) is 757 Å². The van der Waals surface area contributed by atoms with Gasteiger partial charge in [-0.2, -0.15) is 0 Å². The van der Waals surface area contributed by atoms with Gasteiger partial charge in [-0.1, -0.05) is 137 Å². The van der Waals surface area contributed by atoms with Crippen LogP contribution in [0.25, 0.3) is 0 Å². The van der Waals surface area contributed by atoms with Gasteiger partial charge in [0.1, 0.15) is 84.6 Å². The third-order valence-corrected chi connectivity index (χ3v) is 23.5. The highest BCUT2D eigenvalue weighted by atomic mass is 16.3. The number of aliphatic hydroxyl groups is 1. The van der Waals surface area contributed by atoms with Crippen molar-refractivity contribution in [3.63, 3.8) is 0 Å². The molecule has 0 radical (unpaired) electrons. The van der Waals surface area contributed by atoms with Gasteiger partial charge >= 0.3 is 0 Å². The van der Waals surface area contributed by atoms with E-state index in [4.69, 9.17) is 45.9 Å². The number of primary amides is 2. The van der Waals surface area contributed by atoms with Crippen LogP contribution in [0.2, 0.25) is 0 Å². The Labute approximate surface area is 825 Å². The van der Waals surface area contributed by atoms with Crippen molar-refractivity contribution >= 4 is 112 Å². The lowest BCUT2D eigenvalue weighted by atomic mass is 9.97. The van der Waals surface area contributed by atoms with E-state index >= 15 is 4.79 Å². The van der Waals surface area contributed by atoms with Gasteiger partial charge in [0.05, 0.1) is 25.7 Å². The smallest absolute Gasteiger partial charge is 0.245 e. The molecular formula is C95H171N25O20. The van der Waals surface area contributed by atoms with Crippen molar-refractivity contribution in [1.29, 1.82) is 0 Å². The molecule has 0 spiro atoms. The molecule has 0 aliphatic carbocycles. The highest BCUT2D eigenvalue weighted by Gasteiger charge is 2.40. The second-order valence-corrected chi connectivity index (χ2v) is 36.7. The van der Waals surface area contributed by atoms with Crippen LogP contribution in [0.5, 0.6) is 0 Å². The SMILES string of the molecule is CCCCCCCCCCCC(=O)NCC(=O)N[C@@H](C)C(=O)N[C@H](C(=O)N[C@@H](C)C(=O)N[C@H](C(=O)N[C@@H](CCCCN)C(=O)N[C@@H](CCC(N)=O)C(=O)N[C@H](C(=O)N[C@@H](CCCCN)C(=O)N[C@@H](CCCCN)C(=O)N[C@@H](CC(C)C)C(=O)N[C@@H](Cc1ccccc1)C(=O)N[C@@H](CCCCN)C(=O)N[C@@H](CCCCN)C(=O)N[C@@H](CCCCN)C(=O)NCC(=O)NCC(N)=O)C(C)C)[C@@H](C)CC)[C@@H](C)O. The Morgan fingerprint density at radius 3 is 1.01 bits per heavy atom. The van der Waals surface area contributed by atoms with Gasteiger partial charge < -0.3 is 141 Å². The number of amides is 19. The summed E-state index contributed by atoms with van der Waals surface area (Å²) in [4.78, 5) is 264. The summed E-state index contributed by atoms with van der Waals surface area (Å²) in [6, 6.07) is -11.3. The Morgan fingerprint density at radius 1 is 0.286 bits per heavy atom. The molecule has 34 N–H and O–H groups in total. The van der Waals surface area contributed by atoms with Crippen molar-refractivity contribution in [1.82, 2.24) is 90.4 Å². The molecule has 0 saturated heterocycles. The van der Waals surface area contributed by atoms with Gasteiger partial charge in [-0.05, 0) is 218 Å². The van der Waals surface area contributed by atoms with Gasteiger partial charge in [-0.3, -0.25) is 91.1 Å². The average molecular weight is 1980 g/mol. The predicted octanol–water partition coefficient (Wildman–Crippen LogP) is -3.02. The Bertz CT molecular complexity index is 3960. The van der Waals surface area contributed by atoms with Crippen LogP contribution in [0.15, 0.2) is 30.3 Å². The van der Waals surface area contributed by atoms with E-state index in [1.807, 2.05) is 0 Å². The molecule has 0 aromatic heterocycles. The first-order valence-electron chi connectivity index (χ1n) is 50.1. The maximum atomic E-state index is 15.0. The molecule has 45 nitrogen and oxygen atoms in total. The zero-order valence-electron chi connectivity index (χ0n) is 84.3. The first-order valence-corrected chi connectivity index (χ1v) is 50.1. The van der Waals surface area contributed by atoms with E-state index in [0.717, 1.165) is 25.7 Å². The summed E-state index contributed by atoms with van der Waals surface area (Å²) in [7, 11) is 0. The third kappa shape index (κ3) is 54.6. The third-order valence-electron chi connectivity index (χ3n) is 23.5. The molecule has 16 atom stereocenters. The van der Waals surface area contributed by atoms with E-state index < -0.39 is 241 Å². The molecule has 140 heavy (non-hydrogen) atoms. The Kier molecular flexibility index (Phi) is 67.0. The first kappa shape index (κ1) is 127. The number of carbonyl (C=O) groups is 19. The lowest BCUT2D eigenvalue weighted by Crippen LogP contribution is -2.62. The van der Waals surface area contributed by atoms with Crippen LogP contribution >= 0.6 is 0 Å². The normalized spacial score (nSPS) is 14.7. The zero-order chi connectivity index (χ0) is 105. The van der Waals surface area contributed by atoms with Gasteiger partial charge in [0.15, 0.2) is 0 Å². The number of nitrogens with one attached hydrogen (secondary N) is 17. The minimum atomic E-state index is -1.66. The number of rotatable bonds is 79. The van der Waals surface area contributed by atoms with Crippen LogP contribution in [-0.2, 0) is 97.5 Å². The van der Waals surface area contributed by atoms with Crippen molar-refractivity contribution in [2.24, 2.45) is 63.6 Å². The van der Waals surface area contributed by atoms with Crippen molar-refractivity contribution in [3.05, 3.63) is 35.9 Å².